The van der Waals surface area contributed by atoms with Crippen LogP contribution in [0.2, 0.25) is 0 Å². The third-order valence-electron chi connectivity index (χ3n) is 3.94. The van der Waals surface area contributed by atoms with E-state index >= 15 is 0 Å². The number of hydrogen-bond donors (Lipinski definition) is 6. The Morgan fingerprint density at radius 3 is 2.41 bits per heavy atom. The lowest BCUT2D eigenvalue weighted by atomic mass is 10.0. The van der Waals surface area contributed by atoms with E-state index < -0.39 is 29.5 Å². The van der Waals surface area contributed by atoms with E-state index in [9.17, 15) is 24.3 Å². The first-order valence-electron chi connectivity index (χ1n) is 8.38. The van der Waals surface area contributed by atoms with Crippen molar-refractivity contribution in [2.75, 3.05) is 5.32 Å². The van der Waals surface area contributed by atoms with Crippen molar-refractivity contribution in [3.05, 3.63) is 41.5 Å². The van der Waals surface area contributed by atoms with Crippen LogP contribution in [0.25, 0.3) is 10.4 Å². The Balaban J connectivity index is 2.27. The van der Waals surface area contributed by atoms with Crippen LogP contribution in [0.15, 0.2) is 30.3 Å². The molecule has 8 N–H and O–H groups in total. The van der Waals surface area contributed by atoms with Gasteiger partial charge >= 0.3 is 18.0 Å². The van der Waals surface area contributed by atoms with E-state index in [1.165, 1.54) is 6.07 Å². The van der Waals surface area contributed by atoms with Gasteiger partial charge in [-0.05, 0) is 37.1 Å². The molecule has 0 aliphatic rings. The molecule has 0 saturated heterocycles. The van der Waals surface area contributed by atoms with Crippen LogP contribution in [0, 0.1) is 0 Å². The summed E-state index contributed by atoms with van der Waals surface area (Å²) in [4.78, 5) is 46.1. The number of nitrogens with one attached hydrogen (secondary N) is 3. The van der Waals surface area contributed by atoms with E-state index in [0.717, 1.165) is 22.5 Å². The summed E-state index contributed by atoms with van der Waals surface area (Å²) in [6.45, 7) is 3.44. The molecule has 0 atom stereocenters. The van der Waals surface area contributed by atoms with Gasteiger partial charge in [-0.25, -0.2) is 9.59 Å². The fraction of sp³-hybridized carbons (Fsp3) is 0.222. The number of anilines is 1. The minimum Gasteiger partial charge on any atom is -0.480 e. The second-order valence-electron chi connectivity index (χ2n) is 6.65. The molecule has 10 nitrogen and oxygen atoms in total. The predicted molar refractivity (Wildman–Crippen MR) is 109 cm³/mol. The van der Waals surface area contributed by atoms with Crippen LogP contribution in [0.4, 0.5) is 14.6 Å². The van der Waals surface area contributed by atoms with E-state index in [1.807, 2.05) is 17.4 Å². The van der Waals surface area contributed by atoms with Gasteiger partial charge in [0.05, 0.1) is 5.56 Å². The fourth-order valence-corrected chi connectivity index (χ4v) is 3.34. The van der Waals surface area contributed by atoms with Crippen LogP contribution in [0.1, 0.15) is 29.8 Å². The molecule has 1 aromatic heterocycles. The maximum absolute atomic E-state index is 11.7. The highest BCUT2D eigenvalue weighted by molar-refractivity contribution is 7.20. The number of rotatable bonds is 7. The van der Waals surface area contributed by atoms with Gasteiger partial charge in [-0.3, -0.25) is 25.5 Å². The first-order valence-corrected chi connectivity index (χ1v) is 9.20. The summed E-state index contributed by atoms with van der Waals surface area (Å²) < 4.78 is 0. The predicted octanol–water partition coefficient (Wildman–Crippen LogP) is 1.67. The van der Waals surface area contributed by atoms with Crippen molar-refractivity contribution < 1.29 is 24.3 Å². The third kappa shape index (κ3) is 5.77. The number of nitrogens with two attached hydrogens (primary N) is 2. The molecule has 0 saturated carbocycles. The second-order valence-corrected chi connectivity index (χ2v) is 7.70. The second kappa shape index (κ2) is 8.71. The van der Waals surface area contributed by atoms with Crippen molar-refractivity contribution in [3.63, 3.8) is 0 Å². The normalized spacial score (nSPS) is 11.0. The SMILES string of the molecule is CC(C)(NCc1cccc(-c2cc(C(N)=O)c(NC(=O)NC(N)=O)s2)c1)C(=O)O. The van der Waals surface area contributed by atoms with Crippen molar-refractivity contribution in [3.8, 4) is 10.4 Å². The summed E-state index contributed by atoms with van der Waals surface area (Å²) in [6, 6.07) is 6.85. The van der Waals surface area contributed by atoms with Crippen molar-refractivity contribution in [2.24, 2.45) is 11.5 Å². The largest absolute Gasteiger partial charge is 0.480 e. The van der Waals surface area contributed by atoms with Crippen molar-refractivity contribution in [2.45, 2.75) is 25.9 Å². The summed E-state index contributed by atoms with van der Waals surface area (Å²) in [5, 5.41) is 16.5. The summed E-state index contributed by atoms with van der Waals surface area (Å²) in [7, 11) is 0. The highest BCUT2D eigenvalue weighted by Gasteiger charge is 2.26. The van der Waals surface area contributed by atoms with Gasteiger partial charge in [0.1, 0.15) is 10.5 Å². The molecule has 29 heavy (non-hydrogen) atoms. The number of benzene rings is 1. The summed E-state index contributed by atoms with van der Waals surface area (Å²) >= 11 is 1.09. The van der Waals surface area contributed by atoms with Crippen molar-refractivity contribution in [1.29, 1.82) is 0 Å². The van der Waals surface area contributed by atoms with Crippen LogP contribution in [-0.2, 0) is 11.3 Å². The van der Waals surface area contributed by atoms with Gasteiger partial charge in [-0.2, -0.15) is 0 Å². The Bertz CT molecular complexity index is 969. The van der Waals surface area contributed by atoms with Gasteiger partial charge in [-0.15, -0.1) is 11.3 Å². The smallest absolute Gasteiger partial charge is 0.327 e. The molecule has 0 radical (unpaired) electrons. The minimum atomic E-state index is -1.09. The molecule has 2 aromatic rings. The van der Waals surface area contributed by atoms with Gasteiger partial charge in [0, 0.05) is 11.4 Å². The number of thiophene rings is 1. The average Bonchev–Trinajstić information content (AvgIpc) is 3.03. The van der Waals surface area contributed by atoms with Crippen LogP contribution in [-0.4, -0.2) is 34.6 Å². The first kappa shape index (κ1) is 21.9. The van der Waals surface area contributed by atoms with Crippen LogP contribution >= 0.6 is 11.3 Å². The Morgan fingerprint density at radius 1 is 1.14 bits per heavy atom. The number of carboxylic acids is 1. The Labute approximate surface area is 170 Å². The van der Waals surface area contributed by atoms with Crippen LogP contribution < -0.4 is 27.4 Å². The molecule has 154 valence electrons. The highest BCUT2D eigenvalue weighted by Crippen LogP contribution is 2.35. The number of carbonyl (C=O) groups is 4. The summed E-state index contributed by atoms with van der Waals surface area (Å²) in [6.07, 6.45) is 0. The maximum atomic E-state index is 11.7. The molecule has 5 amide bonds. The van der Waals surface area contributed by atoms with E-state index in [-0.39, 0.29) is 10.6 Å². The number of urea groups is 2. The van der Waals surface area contributed by atoms with Crippen LogP contribution in [0.5, 0.6) is 0 Å². The van der Waals surface area contributed by atoms with E-state index in [4.69, 9.17) is 11.5 Å². The summed E-state index contributed by atoms with van der Waals surface area (Å²) in [5.41, 5.74) is 10.8. The number of amides is 5. The Kier molecular flexibility index (Phi) is 6.56. The molecule has 0 unspecified atom stereocenters. The summed E-state index contributed by atoms with van der Waals surface area (Å²) in [5.74, 6) is -1.72. The van der Waals surface area contributed by atoms with E-state index in [0.29, 0.717) is 11.4 Å². The molecule has 2 rings (SSSR count). The molecule has 1 heterocycles. The highest BCUT2D eigenvalue weighted by atomic mass is 32.1. The number of carbonyl (C=O) groups excluding carboxylic acids is 3. The zero-order valence-corrected chi connectivity index (χ0v) is 16.6. The maximum Gasteiger partial charge on any atom is 0.327 e. The van der Waals surface area contributed by atoms with Gasteiger partial charge in [0.2, 0.25) is 0 Å². The first-order chi connectivity index (χ1) is 13.5. The fourth-order valence-electron chi connectivity index (χ4n) is 2.29. The van der Waals surface area contributed by atoms with Gasteiger partial charge in [0.25, 0.3) is 5.91 Å². The van der Waals surface area contributed by atoms with Gasteiger partial charge in [-0.1, -0.05) is 18.2 Å². The monoisotopic (exact) mass is 419 g/mol. The topological polar surface area (TPSA) is 177 Å². The number of aliphatic carboxylic acids is 1. The Morgan fingerprint density at radius 2 is 1.83 bits per heavy atom. The molecule has 0 aliphatic carbocycles. The molecule has 0 bridgehead atoms. The van der Waals surface area contributed by atoms with Crippen LogP contribution in [0.3, 0.4) is 0 Å². The lowest BCUT2D eigenvalue weighted by Gasteiger charge is -2.21. The van der Waals surface area contributed by atoms with Crippen molar-refractivity contribution >= 4 is 40.3 Å². The molecule has 0 spiro atoms. The van der Waals surface area contributed by atoms with Crippen molar-refractivity contribution in [1.82, 2.24) is 10.6 Å². The number of carboxylic acid groups (broad SMARTS) is 1. The number of primary amides is 2. The lowest BCUT2D eigenvalue weighted by molar-refractivity contribution is -0.143. The standard InChI is InChI=1S/C18H21N5O5S/c1-18(2,15(25)26)21-8-9-4-3-5-10(6-9)12-7-11(13(19)24)14(29-12)22-17(28)23-16(20)27/h3-7,21H,8H2,1-2H3,(H2,19,24)(H,25,26)(H4,20,22,23,27,28). The van der Waals surface area contributed by atoms with Gasteiger partial charge < -0.3 is 16.6 Å². The zero-order chi connectivity index (χ0) is 21.8. The number of imide groups is 1. The zero-order valence-electron chi connectivity index (χ0n) is 15.7. The Hall–Kier alpha value is -3.44. The lowest BCUT2D eigenvalue weighted by Crippen LogP contribution is -2.46. The third-order valence-corrected chi connectivity index (χ3v) is 5.04. The molecule has 1 aromatic carbocycles. The molecule has 0 fully saturated rings. The average molecular weight is 419 g/mol. The minimum absolute atomic E-state index is 0.0835. The molecule has 11 heteroatoms. The molecular formula is C18H21N5O5S. The molecule has 0 aliphatic heterocycles. The van der Waals surface area contributed by atoms with E-state index in [1.54, 1.807) is 26.0 Å². The quantitative estimate of drug-likeness (QED) is 0.397. The number of hydrogen-bond acceptors (Lipinski definition) is 6. The van der Waals surface area contributed by atoms with E-state index in [2.05, 4.69) is 10.6 Å². The van der Waals surface area contributed by atoms with Gasteiger partial charge in [0.15, 0.2) is 0 Å². The molecular weight excluding hydrogens is 398 g/mol.